The van der Waals surface area contributed by atoms with E-state index >= 15 is 0 Å². The Bertz CT molecular complexity index is 996. The first-order valence-electron chi connectivity index (χ1n) is 9.04. The molecule has 1 amide bonds. The number of nitrogens with two attached hydrogens (primary N) is 1. The Hall–Kier alpha value is -2.89. The highest BCUT2D eigenvalue weighted by Crippen LogP contribution is 2.49. The van der Waals surface area contributed by atoms with Gasteiger partial charge in [0.1, 0.15) is 11.4 Å². The SMILES string of the molecule is Cc1cc(-c2ccc3c(c2)C2(CC(C)(C)O3)N=C(N)N(C)C2=O)cnc1C. The lowest BCUT2D eigenvalue weighted by Gasteiger charge is -2.41. The summed E-state index contributed by atoms with van der Waals surface area (Å²) in [4.78, 5) is 23.7. The highest BCUT2D eigenvalue weighted by Gasteiger charge is 2.55. The average molecular weight is 364 g/mol. The van der Waals surface area contributed by atoms with Crippen LogP contribution >= 0.6 is 0 Å². The van der Waals surface area contributed by atoms with Crippen molar-refractivity contribution in [3.05, 3.63) is 47.3 Å². The molecule has 0 bridgehead atoms. The Morgan fingerprint density at radius 1 is 1.19 bits per heavy atom. The number of aliphatic imine (C=N–C) groups is 1. The summed E-state index contributed by atoms with van der Waals surface area (Å²) in [6, 6.07) is 8.00. The van der Waals surface area contributed by atoms with Gasteiger partial charge in [0.2, 0.25) is 0 Å². The van der Waals surface area contributed by atoms with Crippen LogP contribution in [0.3, 0.4) is 0 Å². The number of nitrogens with zero attached hydrogens (tertiary/aromatic N) is 3. The number of aromatic nitrogens is 1. The van der Waals surface area contributed by atoms with E-state index in [4.69, 9.17) is 10.5 Å². The molecule has 2 aromatic rings. The summed E-state index contributed by atoms with van der Waals surface area (Å²) in [6.07, 6.45) is 2.29. The van der Waals surface area contributed by atoms with Gasteiger partial charge < -0.3 is 10.5 Å². The summed E-state index contributed by atoms with van der Waals surface area (Å²) in [5, 5.41) is 0. The van der Waals surface area contributed by atoms with E-state index in [0.717, 1.165) is 27.9 Å². The molecule has 6 heteroatoms. The van der Waals surface area contributed by atoms with Gasteiger partial charge in [0, 0.05) is 36.5 Å². The normalized spacial score (nSPS) is 23.2. The maximum absolute atomic E-state index is 13.2. The number of carbonyl (C=O) groups excluding carboxylic acids is 1. The highest BCUT2D eigenvalue weighted by molar-refractivity contribution is 6.07. The Morgan fingerprint density at radius 3 is 2.56 bits per heavy atom. The van der Waals surface area contributed by atoms with Gasteiger partial charge >= 0.3 is 0 Å². The van der Waals surface area contributed by atoms with Crippen LogP contribution in [0.15, 0.2) is 35.5 Å². The molecule has 1 atom stereocenters. The molecule has 2 N–H and O–H groups in total. The third-order valence-electron chi connectivity index (χ3n) is 5.47. The second-order valence-corrected chi connectivity index (χ2v) is 8.07. The van der Waals surface area contributed by atoms with Crippen molar-refractivity contribution < 1.29 is 9.53 Å². The van der Waals surface area contributed by atoms with Crippen molar-refractivity contribution in [1.82, 2.24) is 9.88 Å². The lowest BCUT2D eigenvalue weighted by Crippen LogP contribution is -2.49. The van der Waals surface area contributed by atoms with Gasteiger partial charge in [-0.25, -0.2) is 4.99 Å². The van der Waals surface area contributed by atoms with Gasteiger partial charge in [0.25, 0.3) is 5.91 Å². The quantitative estimate of drug-likeness (QED) is 0.844. The van der Waals surface area contributed by atoms with Gasteiger partial charge in [0.05, 0.1) is 0 Å². The Kier molecular flexibility index (Phi) is 3.60. The zero-order valence-corrected chi connectivity index (χ0v) is 16.3. The number of benzene rings is 1. The molecule has 1 aromatic carbocycles. The zero-order chi connectivity index (χ0) is 19.6. The number of pyridine rings is 1. The van der Waals surface area contributed by atoms with E-state index in [1.54, 1.807) is 7.05 Å². The van der Waals surface area contributed by atoms with Crippen LogP contribution in [0, 0.1) is 13.8 Å². The van der Waals surface area contributed by atoms with Gasteiger partial charge in [-0.1, -0.05) is 6.07 Å². The fourth-order valence-electron chi connectivity index (χ4n) is 3.96. The first-order chi connectivity index (χ1) is 12.6. The number of ether oxygens (including phenoxy) is 1. The summed E-state index contributed by atoms with van der Waals surface area (Å²) in [7, 11) is 1.66. The second kappa shape index (κ2) is 5.55. The number of guanidine groups is 1. The lowest BCUT2D eigenvalue weighted by atomic mass is 9.77. The topological polar surface area (TPSA) is 80.8 Å². The van der Waals surface area contributed by atoms with E-state index in [2.05, 4.69) is 16.0 Å². The number of hydrogen-bond donors (Lipinski definition) is 1. The van der Waals surface area contributed by atoms with E-state index in [1.165, 1.54) is 4.90 Å². The van der Waals surface area contributed by atoms with Gasteiger partial charge in [0.15, 0.2) is 11.5 Å². The molecular weight excluding hydrogens is 340 g/mol. The number of fused-ring (bicyclic) bond motifs is 2. The molecule has 27 heavy (non-hydrogen) atoms. The number of aryl methyl sites for hydroxylation is 2. The predicted octanol–water partition coefficient (Wildman–Crippen LogP) is 2.91. The van der Waals surface area contributed by atoms with Gasteiger partial charge in [-0.15, -0.1) is 0 Å². The molecule has 1 aromatic heterocycles. The minimum Gasteiger partial charge on any atom is -0.487 e. The van der Waals surface area contributed by atoms with Crippen molar-refractivity contribution in [3.63, 3.8) is 0 Å². The molecular formula is C21H24N4O2. The third kappa shape index (κ3) is 2.59. The third-order valence-corrected chi connectivity index (χ3v) is 5.47. The van der Waals surface area contributed by atoms with Crippen LogP contribution < -0.4 is 10.5 Å². The van der Waals surface area contributed by atoms with Crippen LogP contribution in [-0.4, -0.2) is 34.4 Å². The molecule has 2 aliphatic rings. The average Bonchev–Trinajstić information content (AvgIpc) is 2.80. The first kappa shape index (κ1) is 17.5. The van der Waals surface area contributed by atoms with Crippen LogP contribution in [0.5, 0.6) is 5.75 Å². The number of likely N-dealkylation sites (N-methyl/N-ethyl adjacent to an activating group) is 1. The van der Waals surface area contributed by atoms with Crippen molar-refractivity contribution in [2.24, 2.45) is 10.7 Å². The zero-order valence-electron chi connectivity index (χ0n) is 16.3. The molecule has 140 valence electrons. The van der Waals surface area contributed by atoms with Gasteiger partial charge in [-0.3, -0.25) is 14.7 Å². The number of amides is 1. The van der Waals surface area contributed by atoms with E-state index in [1.807, 2.05) is 52.1 Å². The Labute approximate surface area is 159 Å². The molecule has 1 unspecified atom stereocenters. The summed E-state index contributed by atoms with van der Waals surface area (Å²) in [5.41, 5.74) is 9.30. The molecule has 2 aliphatic heterocycles. The monoisotopic (exact) mass is 364 g/mol. The highest BCUT2D eigenvalue weighted by atomic mass is 16.5. The maximum atomic E-state index is 13.2. The molecule has 0 radical (unpaired) electrons. The number of hydrogen-bond acceptors (Lipinski definition) is 5. The van der Waals surface area contributed by atoms with E-state index in [0.29, 0.717) is 12.2 Å². The minimum absolute atomic E-state index is 0.118. The van der Waals surface area contributed by atoms with Gasteiger partial charge in [-0.2, -0.15) is 0 Å². The van der Waals surface area contributed by atoms with E-state index < -0.39 is 11.1 Å². The molecule has 0 aliphatic carbocycles. The Balaban J connectivity index is 1.92. The van der Waals surface area contributed by atoms with Crippen LogP contribution in [0.1, 0.15) is 37.1 Å². The van der Waals surface area contributed by atoms with Crippen LogP contribution in [0.2, 0.25) is 0 Å². The molecule has 0 fully saturated rings. The molecule has 3 heterocycles. The smallest absolute Gasteiger partial charge is 0.261 e. The maximum Gasteiger partial charge on any atom is 0.261 e. The van der Waals surface area contributed by atoms with Crippen LogP contribution in [-0.2, 0) is 10.3 Å². The van der Waals surface area contributed by atoms with Crippen LogP contribution in [0.25, 0.3) is 11.1 Å². The fraction of sp³-hybridized carbons (Fsp3) is 0.381. The van der Waals surface area contributed by atoms with E-state index in [-0.39, 0.29) is 11.9 Å². The summed E-state index contributed by atoms with van der Waals surface area (Å²) in [5.74, 6) is 0.793. The molecule has 0 saturated carbocycles. The lowest BCUT2D eigenvalue weighted by molar-refractivity contribution is -0.133. The van der Waals surface area contributed by atoms with Crippen LogP contribution in [0.4, 0.5) is 0 Å². The summed E-state index contributed by atoms with van der Waals surface area (Å²) < 4.78 is 6.16. The molecule has 6 nitrogen and oxygen atoms in total. The first-order valence-corrected chi connectivity index (χ1v) is 9.04. The van der Waals surface area contributed by atoms with Crippen molar-refractivity contribution in [2.75, 3.05) is 7.05 Å². The molecule has 4 rings (SSSR count). The number of rotatable bonds is 1. The van der Waals surface area contributed by atoms with E-state index in [9.17, 15) is 4.79 Å². The van der Waals surface area contributed by atoms with Crippen molar-refractivity contribution in [1.29, 1.82) is 0 Å². The van der Waals surface area contributed by atoms with Crippen molar-refractivity contribution in [2.45, 2.75) is 45.3 Å². The van der Waals surface area contributed by atoms with Crippen molar-refractivity contribution >= 4 is 11.9 Å². The van der Waals surface area contributed by atoms with Gasteiger partial charge in [-0.05, 0) is 57.0 Å². The standard InChI is InChI=1S/C21H24N4O2/c1-12-8-15(10-23-13(12)2)14-6-7-17-16(9-14)21(11-20(3,4)27-17)18(26)25(5)19(22)24-21/h6-10H,11H2,1-5H3,(H2,22,24). The predicted molar refractivity (Wildman–Crippen MR) is 105 cm³/mol. The Morgan fingerprint density at radius 2 is 1.93 bits per heavy atom. The summed E-state index contributed by atoms with van der Waals surface area (Å²) in [6.45, 7) is 7.96. The minimum atomic E-state index is -1.04. The number of carbonyl (C=O) groups is 1. The second-order valence-electron chi connectivity index (χ2n) is 8.07. The summed E-state index contributed by atoms with van der Waals surface area (Å²) >= 11 is 0. The molecule has 0 saturated heterocycles. The largest absolute Gasteiger partial charge is 0.487 e. The molecule has 1 spiro atoms. The fourth-order valence-corrected chi connectivity index (χ4v) is 3.96. The van der Waals surface area contributed by atoms with Crippen molar-refractivity contribution in [3.8, 4) is 16.9 Å².